The van der Waals surface area contributed by atoms with E-state index in [9.17, 15) is 9.59 Å². The van der Waals surface area contributed by atoms with Gasteiger partial charge in [-0.25, -0.2) is 4.98 Å². The molecule has 6 nitrogen and oxygen atoms in total. The van der Waals surface area contributed by atoms with Crippen molar-refractivity contribution in [2.45, 2.75) is 18.4 Å². The van der Waals surface area contributed by atoms with Gasteiger partial charge in [0.2, 0.25) is 0 Å². The van der Waals surface area contributed by atoms with Gasteiger partial charge in [0, 0.05) is 29.2 Å². The van der Waals surface area contributed by atoms with Crippen LogP contribution >= 0.6 is 11.8 Å². The predicted octanol–water partition coefficient (Wildman–Crippen LogP) is 5.66. The first kappa shape index (κ1) is 23.3. The van der Waals surface area contributed by atoms with E-state index in [1.165, 1.54) is 6.39 Å². The molecule has 0 fully saturated rings. The van der Waals surface area contributed by atoms with Gasteiger partial charge in [-0.3, -0.25) is 9.59 Å². The third kappa shape index (κ3) is 5.05. The molecular formula is C27H25N3O3S. The summed E-state index contributed by atoms with van der Waals surface area (Å²) in [5.74, 6) is -0.278. The van der Waals surface area contributed by atoms with Crippen LogP contribution in [-0.2, 0) is 6.54 Å². The summed E-state index contributed by atoms with van der Waals surface area (Å²) in [5.41, 5.74) is 2.88. The summed E-state index contributed by atoms with van der Waals surface area (Å²) in [6.07, 6.45) is 3.25. The minimum Gasteiger partial charge on any atom is -0.443 e. The molecule has 0 atom stereocenters. The van der Waals surface area contributed by atoms with Crippen LogP contribution in [0, 0.1) is 0 Å². The number of carbonyl (C=O) groups excluding carboxylic acids is 2. The van der Waals surface area contributed by atoms with Crippen molar-refractivity contribution in [3.05, 3.63) is 102 Å². The van der Waals surface area contributed by atoms with Gasteiger partial charge in [-0.1, -0.05) is 48.5 Å². The topological polar surface area (TPSA) is 75.4 Å². The van der Waals surface area contributed by atoms with Crippen molar-refractivity contribution in [3.8, 4) is 11.3 Å². The lowest BCUT2D eigenvalue weighted by Crippen LogP contribution is -2.31. The van der Waals surface area contributed by atoms with Crippen LogP contribution in [-0.4, -0.2) is 29.6 Å². The van der Waals surface area contributed by atoms with Gasteiger partial charge >= 0.3 is 0 Å². The third-order valence-corrected chi connectivity index (χ3v) is 6.17. The molecule has 0 aliphatic rings. The normalized spacial score (nSPS) is 10.6. The van der Waals surface area contributed by atoms with Crippen LogP contribution in [0.4, 0.5) is 5.69 Å². The first-order valence-corrected chi connectivity index (χ1v) is 12.2. The molecule has 0 aliphatic carbocycles. The summed E-state index contributed by atoms with van der Waals surface area (Å²) in [5, 5.41) is 2.89. The number of anilines is 1. The van der Waals surface area contributed by atoms with Crippen molar-refractivity contribution in [3.63, 3.8) is 0 Å². The van der Waals surface area contributed by atoms with Gasteiger partial charge in [-0.05, 0) is 49.1 Å². The van der Waals surface area contributed by atoms with E-state index in [0.29, 0.717) is 24.2 Å². The molecule has 0 saturated heterocycles. The highest BCUT2D eigenvalue weighted by molar-refractivity contribution is 7.98. The molecule has 4 rings (SSSR count). The molecule has 7 heteroatoms. The molecule has 0 radical (unpaired) electrons. The standard InChI is InChI=1S/C27H25N3O3S/c1-3-30(20-9-5-4-6-10-20)27(32)23-12-8-7-11-22(23)25-24(29-18-33-25)26(31)28-17-19-13-15-21(34-2)16-14-19/h4-16,18H,3,17H2,1-2H3,(H,28,31). The fourth-order valence-electron chi connectivity index (χ4n) is 3.67. The van der Waals surface area contributed by atoms with Gasteiger partial charge in [0.1, 0.15) is 0 Å². The van der Waals surface area contributed by atoms with Crippen LogP contribution in [0.2, 0.25) is 0 Å². The Labute approximate surface area is 203 Å². The van der Waals surface area contributed by atoms with E-state index in [1.807, 2.05) is 73.8 Å². The zero-order valence-electron chi connectivity index (χ0n) is 19.0. The van der Waals surface area contributed by atoms with Gasteiger partial charge < -0.3 is 14.6 Å². The van der Waals surface area contributed by atoms with Crippen LogP contribution in [0.1, 0.15) is 33.3 Å². The van der Waals surface area contributed by atoms with Crippen molar-refractivity contribution in [1.29, 1.82) is 0 Å². The second kappa shape index (κ2) is 10.9. The molecule has 0 bridgehead atoms. The van der Waals surface area contributed by atoms with Crippen molar-refractivity contribution in [2.24, 2.45) is 0 Å². The molecule has 1 N–H and O–H groups in total. The van der Waals surface area contributed by atoms with Crippen LogP contribution in [0.25, 0.3) is 11.3 Å². The highest BCUT2D eigenvalue weighted by Crippen LogP contribution is 2.29. The SMILES string of the molecule is CCN(C(=O)c1ccccc1-c1ocnc1C(=O)NCc1ccc(SC)cc1)c1ccccc1. The zero-order chi connectivity index (χ0) is 23.9. The van der Waals surface area contributed by atoms with Crippen LogP contribution in [0.5, 0.6) is 0 Å². The van der Waals surface area contributed by atoms with Gasteiger partial charge in [-0.15, -0.1) is 11.8 Å². The van der Waals surface area contributed by atoms with Crippen LogP contribution in [0.3, 0.4) is 0 Å². The molecule has 2 amide bonds. The lowest BCUT2D eigenvalue weighted by molar-refractivity contribution is 0.0944. The Morgan fingerprint density at radius 2 is 1.68 bits per heavy atom. The summed E-state index contributed by atoms with van der Waals surface area (Å²) in [6.45, 7) is 2.78. The van der Waals surface area contributed by atoms with Crippen LogP contribution < -0.4 is 10.2 Å². The third-order valence-electron chi connectivity index (χ3n) is 5.43. The molecule has 0 aliphatic heterocycles. The number of para-hydroxylation sites is 1. The van der Waals surface area contributed by atoms with E-state index in [1.54, 1.807) is 34.9 Å². The van der Waals surface area contributed by atoms with Crippen molar-refractivity contribution in [2.75, 3.05) is 17.7 Å². The summed E-state index contributed by atoms with van der Waals surface area (Å²) < 4.78 is 5.62. The van der Waals surface area contributed by atoms with Gasteiger partial charge in [0.15, 0.2) is 17.8 Å². The Morgan fingerprint density at radius 3 is 2.38 bits per heavy atom. The first-order chi connectivity index (χ1) is 16.6. The van der Waals surface area contributed by atoms with E-state index in [4.69, 9.17) is 4.42 Å². The quantitative estimate of drug-likeness (QED) is 0.336. The number of thioether (sulfide) groups is 1. The number of aromatic nitrogens is 1. The molecular weight excluding hydrogens is 446 g/mol. The molecule has 0 spiro atoms. The molecule has 0 saturated carbocycles. The van der Waals surface area contributed by atoms with E-state index in [2.05, 4.69) is 10.3 Å². The van der Waals surface area contributed by atoms with Gasteiger partial charge in [-0.2, -0.15) is 0 Å². The number of hydrogen-bond donors (Lipinski definition) is 1. The maximum Gasteiger partial charge on any atom is 0.274 e. The molecule has 34 heavy (non-hydrogen) atoms. The molecule has 1 aromatic heterocycles. The van der Waals surface area contributed by atoms with E-state index < -0.39 is 0 Å². The number of hydrogen-bond acceptors (Lipinski definition) is 5. The number of nitrogens with zero attached hydrogens (tertiary/aromatic N) is 2. The lowest BCUT2D eigenvalue weighted by Gasteiger charge is -2.22. The average Bonchev–Trinajstić information content (AvgIpc) is 3.38. The largest absolute Gasteiger partial charge is 0.443 e. The second-order valence-electron chi connectivity index (χ2n) is 7.49. The minimum atomic E-state index is -0.365. The molecule has 1 heterocycles. The molecule has 0 unspecified atom stereocenters. The van der Waals surface area contributed by atoms with E-state index >= 15 is 0 Å². The maximum absolute atomic E-state index is 13.5. The lowest BCUT2D eigenvalue weighted by atomic mass is 10.0. The second-order valence-corrected chi connectivity index (χ2v) is 8.37. The Kier molecular flexibility index (Phi) is 7.44. The van der Waals surface area contributed by atoms with Crippen molar-refractivity contribution < 1.29 is 14.0 Å². The molecule has 4 aromatic rings. The minimum absolute atomic E-state index is 0.142. The Hall–Kier alpha value is -3.84. The molecule has 172 valence electrons. The fraction of sp³-hybridized carbons (Fsp3) is 0.148. The number of carbonyl (C=O) groups is 2. The van der Waals surface area contributed by atoms with E-state index in [-0.39, 0.29) is 23.3 Å². The maximum atomic E-state index is 13.5. The molecule has 3 aromatic carbocycles. The number of benzene rings is 3. The summed E-state index contributed by atoms with van der Waals surface area (Å²) >= 11 is 1.66. The average molecular weight is 472 g/mol. The van der Waals surface area contributed by atoms with Gasteiger partial charge in [0.25, 0.3) is 11.8 Å². The fourth-order valence-corrected chi connectivity index (χ4v) is 4.08. The van der Waals surface area contributed by atoms with E-state index in [0.717, 1.165) is 16.1 Å². The van der Waals surface area contributed by atoms with Crippen molar-refractivity contribution >= 4 is 29.3 Å². The number of rotatable bonds is 8. The predicted molar refractivity (Wildman–Crippen MR) is 135 cm³/mol. The number of nitrogens with one attached hydrogen (secondary N) is 1. The highest BCUT2D eigenvalue weighted by Gasteiger charge is 2.25. The van der Waals surface area contributed by atoms with Gasteiger partial charge in [0.05, 0.1) is 5.56 Å². The van der Waals surface area contributed by atoms with Crippen molar-refractivity contribution in [1.82, 2.24) is 10.3 Å². The first-order valence-electron chi connectivity index (χ1n) is 10.9. The highest BCUT2D eigenvalue weighted by atomic mass is 32.2. The summed E-state index contributed by atoms with van der Waals surface area (Å²) in [4.78, 5) is 33.4. The summed E-state index contributed by atoms with van der Waals surface area (Å²) in [7, 11) is 0. The Morgan fingerprint density at radius 1 is 0.971 bits per heavy atom. The number of amides is 2. The zero-order valence-corrected chi connectivity index (χ0v) is 19.8. The summed E-state index contributed by atoms with van der Waals surface area (Å²) in [6, 6.07) is 24.6. The van der Waals surface area contributed by atoms with Crippen LogP contribution in [0.15, 0.2) is 94.6 Å². The number of oxazole rings is 1. The Balaban J connectivity index is 1.59. The Bertz CT molecular complexity index is 1270. The smallest absolute Gasteiger partial charge is 0.274 e. The monoisotopic (exact) mass is 471 g/mol.